The molecule has 2 rings (SSSR count). The van der Waals surface area contributed by atoms with Gasteiger partial charge in [-0.05, 0) is 18.6 Å². The van der Waals surface area contributed by atoms with Gasteiger partial charge in [-0.3, -0.25) is 4.98 Å². The third-order valence-corrected chi connectivity index (χ3v) is 2.72. The summed E-state index contributed by atoms with van der Waals surface area (Å²) in [6.07, 6.45) is 3.37. The molecule has 84 valence electrons. The van der Waals surface area contributed by atoms with Gasteiger partial charge in [-0.15, -0.1) is 0 Å². The molecule has 0 spiro atoms. The Hall–Kier alpha value is -2.21. The Morgan fingerprint density at radius 1 is 1.41 bits per heavy atom. The molecule has 0 radical (unpaired) electrons. The fourth-order valence-corrected chi connectivity index (χ4v) is 1.91. The second-order valence-electron chi connectivity index (χ2n) is 3.90. The summed E-state index contributed by atoms with van der Waals surface area (Å²) in [5.74, 6) is 0. The maximum absolute atomic E-state index is 9.02. The molecule has 1 N–H and O–H groups in total. The highest BCUT2D eigenvalue weighted by atomic mass is 14.7. The Balaban J connectivity index is 2.67. The first kappa shape index (κ1) is 11.3. The zero-order valence-electron chi connectivity index (χ0n) is 9.70. The first-order chi connectivity index (χ1) is 8.27. The summed E-state index contributed by atoms with van der Waals surface area (Å²) in [4.78, 5) is 4.24. The lowest BCUT2D eigenvalue weighted by Crippen LogP contribution is -2.00. The number of rotatable bonds is 3. The van der Waals surface area contributed by atoms with E-state index in [1.807, 2.05) is 18.2 Å². The number of nitrogens with zero attached hydrogens (tertiary/aromatic N) is 2. The van der Waals surface area contributed by atoms with E-state index in [0.717, 1.165) is 23.8 Å². The van der Waals surface area contributed by atoms with Crippen LogP contribution in [0, 0.1) is 16.7 Å². The molecule has 0 amide bonds. The molecule has 0 atom stereocenters. The molecule has 0 bridgehead atoms. The summed E-state index contributed by atoms with van der Waals surface area (Å²) in [5, 5.41) is 17.9. The molecule has 0 saturated heterocycles. The minimum absolute atomic E-state index is 0.564. The van der Waals surface area contributed by atoms with Crippen molar-refractivity contribution in [1.29, 1.82) is 10.7 Å². The third kappa shape index (κ3) is 2.02. The number of hydrogen-bond acceptors (Lipinski definition) is 3. The van der Waals surface area contributed by atoms with Gasteiger partial charge >= 0.3 is 0 Å². The number of aromatic nitrogens is 1. The highest BCUT2D eigenvalue weighted by Gasteiger charge is 2.09. The van der Waals surface area contributed by atoms with Crippen molar-refractivity contribution in [3.8, 4) is 6.07 Å². The maximum atomic E-state index is 9.02. The summed E-state index contributed by atoms with van der Waals surface area (Å²) in [6, 6.07) is 9.49. The smallest absolute Gasteiger partial charge is 0.101 e. The molecule has 0 unspecified atom stereocenters. The predicted octanol–water partition coefficient (Wildman–Crippen LogP) is 3.27. The average molecular weight is 223 g/mol. The van der Waals surface area contributed by atoms with E-state index in [4.69, 9.17) is 10.7 Å². The highest BCUT2D eigenvalue weighted by Crippen LogP contribution is 2.21. The van der Waals surface area contributed by atoms with Crippen molar-refractivity contribution in [3.63, 3.8) is 0 Å². The number of nitriles is 1. The van der Waals surface area contributed by atoms with Gasteiger partial charge in [0, 0.05) is 22.9 Å². The van der Waals surface area contributed by atoms with Gasteiger partial charge in [-0.2, -0.15) is 5.26 Å². The van der Waals surface area contributed by atoms with Crippen molar-refractivity contribution in [2.24, 2.45) is 0 Å². The summed E-state index contributed by atoms with van der Waals surface area (Å²) in [6.45, 7) is 2.05. The zero-order valence-corrected chi connectivity index (χ0v) is 9.70. The van der Waals surface area contributed by atoms with Crippen LogP contribution in [0.3, 0.4) is 0 Å². The summed E-state index contributed by atoms with van der Waals surface area (Å²) in [7, 11) is 0. The molecule has 1 aromatic heterocycles. The van der Waals surface area contributed by atoms with E-state index in [9.17, 15) is 0 Å². The summed E-state index contributed by atoms with van der Waals surface area (Å²) < 4.78 is 0. The molecule has 0 aliphatic rings. The largest absolute Gasteiger partial charge is 0.305 e. The first-order valence-corrected chi connectivity index (χ1v) is 5.63. The molecule has 3 heteroatoms. The standard InChI is InChI=1S/C14H13N3/c1-2-4-13(16)11-7-6-10(9-15)14-12(11)5-3-8-17-14/h3,5-8,16H,2,4H2,1H3. The normalized spacial score (nSPS) is 10.1. The maximum Gasteiger partial charge on any atom is 0.101 e. The van der Waals surface area contributed by atoms with Crippen LogP contribution in [0.25, 0.3) is 10.9 Å². The lowest BCUT2D eigenvalue weighted by atomic mass is 9.98. The molecule has 3 nitrogen and oxygen atoms in total. The van der Waals surface area contributed by atoms with Crippen LogP contribution < -0.4 is 0 Å². The number of benzene rings is 1. The quantitative estimate of drug-likeness (QED) is 0.812. The van der Waals surface area contributed by atoms with Gasteiger partial charge in [0.1, 0.15) is 6.07 Å². The van der Waals surface area contributed by atoms with Gasteiger partial charge in [0.15, 0.2) is 0 Å². The molecular formula is C14H13N3. The van der Waals surface area contributed by atoms with Gasteiger partial charge < -0.3 is 5.41 Å². The highest BCUT2D eigenvalue weighted by molar-refractivity contribution is 6.09. The molecule has 0 fully saturated rings. The molecule has 0 aliphatic carbocycles. The molecule has 1 heterocycles. The molecular weight excluding hydrogens is 210 g/mol. The SMILES string of the molecule is CCCC(=N)c1ccc(C#N)c2ncccc12. The van der Waals surface area contributed by atoms with Crippen LogP contribution in [0.4, 0.5) is 0 Å². The number of fused-ring (bicyclic) bond motifs is 1. The Labute approximate surface area is 100 Å². The van der Waals surface area contributed by atoms with Crippen LogP contribution >= 0.6 is 0 Å². The first-order valence-electron chi connectivity index (χ1n) is 5.63. The number of hydrogen-bond donors (Lipinski definition) is 1. The van der Waals surface area contributed by atoms with E-state index in [-0.39, 0.29) is 0 Å². The van der Waals surface area contributed by atoms with Gasteiger partial charge in [-0.25, -0.2) is 0 Å². The Bertz CT molecular complexity index is 608. The van der Waals surface area contributed by atoms with Crippen LogP contribution in [-0.2, 0) is 0 Å². The molecule has 0 aliphatic heterocycles. The molecule has 1 aromatic carbocycles. The lowest BCUT2D eigenvalue weighted by Gasteiger charge is -2.07. The molecule has 17 heavy (non-hydrogen) atoms. The van der Waals surface area contributed by atoms with Crippen LogP contribution in [-0.4, -0.2) is 10.7 Å². The molecule has 0 saturated carbocycles. The van der Waals surface area contributed by atoms with Crippen LogP contribution in [0.2, 0.25) is 0 Å². The Kier molecular flexibility index (Phi) is 3.15. The fourth-order valence-electron chi connectivity index (χ4n) is 1.91. The van der Waals surface area contributed by atoms with Crippen molar-refractivity contribution >= 4 is 16.6 Å². The number of pyridine rings is 1. The van der Waals surface area contributed by atoms with Gasteiger partial charge in [0.05, 0.1) is 11.1 Å². The second-order valence-corrected chi connectivity index (χ2v) is 3.90. The summed E-state index contributed by atoms with van der Waals surface area (Å²) in [5.41, 5.74) is 2.74. The summed E-state index contributed by atoms with van der Waals surface area (Å²) >= 11 is 0. The van der Waals surface area contributed by atoms with Crippen molar-refractivity contribution in [2.45, 2.75) is 19.8 Å². The van der Waals surface area contributed by atoms with Crippen molar-refractivity contribution in [3.05, 3.63) is 41.6 Å². The van der Waals surface area contributed by atoms with E-state index in [1.165, 1.54) is 0 Å². The van der Waals surface area contributed by atoms with Gasteiger partial charge in [0.2, 0.25) is 0 Å². The van der Waals surface area contributed by atoms with E-state index < -0.39 is 0 Å². The van der Waals surface area contributed by atoms with Crippen LogP contribution in [0.1, 0.15) is 30.9 Å². The monoisotopic (exact) mass is 223 g/mol. The van der Waals surface area contributed by atoms with Crippen molar-refractivity contribution in [1.82, 2.24) is 4.98 Å². The minimum Gasteiger partial charge on any atom is -0.305 e. The van der Waals surface area contributed by atoms with Crippen molar-refractivity contribution < 1.29 is 0 Å². The fraction of sp³-hybridized carbons (Fsp3) is 0.214. The predicted molar refractivity (Wildman–Crippen MR) is 68.2 cm³/mol. The van der Waals surface area contributed by atoms with Gasteiger partial charge in [-0.1, -0.05) is 25.5 Å². The lowest BCUT2D eigenvalue weighted by molar-refractivity contribution is 0.987. The van der Waals surface area contributed by atoms with Crippen LogP contribution in [0.15, 0.2) is 30.5 Å². The Morgan fingerprint density at radius 2 is 2.24 bits per heavy atom. The number of nitrogens with one attached hydrogen (secondary N) is 1. The van der Waals surface area contributed by atoms with Gasteiger partial charge in [0.25, 0.3) is 0 Å². The van der Waals surface area contributed by atoms with E-state index in [2.05, 4.69) is 18.0 Å². The third-order valence-electron chi connectivity index (χ3n) is 2.72. The molecule has 2 aromatic rings. The Morgan fingerprint density at radius 3 is 2.94 bits per heavy atom. The van der Waals surface area contributed by atoms with Crippen LogP contribution in [0.5, 0.6) is 0 Å². The zero-order chi connectivity index (χ0) is 12.3. The topological polar surface area (TPSA) is 60.5 Å². The van der Waals surface area contributed by atoms with E-state index in [1.54, 1.807) is 12.3 Å². The average Bonchev–Trinajstić information content (AvgIpc) is 2.37. The minimum atomic E-state index is 0.564. The van der Waals surface area contributed by atoms with E-state index >= 15 is 0 Å². The van der Waals surface area contributed by atoms with Crippen molar-refractivity contribution in [2.75, 3.05) is 0 Å². The van der Waals surface area contributed by atoms with E-state index in [0.29, 0.717) is 16.8 Å². The second kappa shape index (κ2) is 4.75.